The van der Waals surface area contributed by atoms with E-state index in [0.29, 0.717) is 24.3 Å². The van der Waals surface area contributed by atoms with Crippen LogP contribution in [0.4, 0.5) is 5.69 Å². The monoisotopic (exact) mass is 327 g/mol. The van der Waals surface area contributed by atoms with Crippen LogP contribution in [0.15, 0.2) is 40.2 Å². The lowest BCUT2D eigenvalue weighted by Gasteiger charge is -2.11. The Morgan fingerprint density at radius 1 is 1.12 bits per heavy atom. The van der Waals surface area contributed by atoms with Crippen molar-refractivity contribution in [2.75, 3.05) is 11.9 Å². The zero-order valence-electron chi connectivity index (χ0n) is 14.1. The van der Waals surface area contributed by atoms with E-state index in [9.17, 15) is 9.59 Å². The summed E-state index contributed by atoms with van der Waals surface area (Å²) >= 11 is 0. The van der Waals surface area contributed by atoms with Crippen LogP contribution in [0.1, 0.15) is 12.5 Å². The lowest BCUT2D eigenvalue weighted by molar-refractivity contribution is 0.695. The van der Waals surface area contributed by atoms with Crippen molar-refractivity contribution in [1.82, 2.24) is 18.7 Å². The fraction of sp³-hybridized carbons (Fsp3) is 0.353. The Bertz CT molecular complexity index is 996. The number of nitrogens with zero attached hydrogens (tertiary/aromatic N) is 4. The molecule has 1 aromatic carbocycles. The number of anilines is 1. The van der Waals surface area contributed by atoms with Gasteiger partial charge in [0.1, 0.15) is 0 Å². The van der Waals surface area contributed by atoms with Crippen molar-refractivity contribution >= 4 is 16.9 Å². The van der Waals surface area contributed by atoms with E-state index in [2.05, 4.69) is 23.3 Å². The molecule has 7 heteroatoms. The summed E-state index contributed by atoms with van der Waals surface area (Å²) < 4.78 is 4.30. The lowest BCUT2D eigenvalue weighted by atomic mass is 10.1. The van der Waals surface area contributed by atoms with Gasteiger partial charge >= 0.3 is 5.69 Å². The smallest absolute Gasteiger partial charge is 0.332 e. The first-order valence-corrected chi connectivity index (χ1v) is 7.97. The van der Waals surface area contributed by atoms with Crippen molar-refractivity contribution in [3.8, 4) is 0 Å². The second-order valence-electron chi connectivity index (χ2n) is 5.75. The molecule has 1 N–H and O–H groups in total. The topological polar surface area (TPSA) is 73.8 Å². The molecule has 0 aliphatic rings. The number of nitrogens with one attached hydrogen (secondary N) is 1. The van der Waals surface area contributed by atoms with Crippen molar-refractivity contribution in [1.29, 1.82) is 0 Å². The van der Waals surface area contributed by atoms with Gasteiger partial charge in [-0.1, -0.05) is 25.1 Å². The van der Waals surface area contributed by atoms with Gasteiger partial charge in [-0.15, -0.1) is 0 Å². The van der Waals surface area contributed by atoms with Crippen molar-refractivity contribution in [3.05, 3.63) is 57.0 Å². The van der Waals surface area contributed by atoms with E-state index in [1.807, 2.05) is 18.2 Å². The Morgan fingerprint density at radius 2 is 1.88 bits per heavy atom. The molecule has 0 unspecified atom stereocenters. The Balaban J connectivity index is 1.87. The quantitative estimate of drug-likeness (QED) is 0.762. The summed E-state index contributed by atoms with van der Waals surface area (Å²) in [6.45, 7) is 3.37. The maximum Gasteiger partial charge on any atom is 0.332 e. The number of rotatable bonds is 5. The van der Waals surface area contributed by atoms with E-state index < -0.39 is 0 Å². The van der Waals surface area contributed by atoms with Gasteiger partial charge in [-0.2, -0.15) is 0 Å². The largest absolute Gasteiger partial charge is 0.383 e. The second kappa shape index (κ2) is 6.35. The van der Waals surface area contributed by atoms with Crippen LogP contribution in [0.25, 0.3) is 11.2 Å². The van der Waals surface area contributed by atoms with Gasteiger partial charge in [-0.05, 0) is 18.1 Å². The Hall–Kier alpha value is -2.83. The first-order valence-electron chi connectivity index (χ1n) is 7.97. The van der Waals surface area contributed by atoms with Crippen molar-refractivity contribution in [2.24, 2.45) is 14.1 Å². The minimum atomic E-state index is -0.368. The van der Waals surface area contributed by atoms with Gasteiger partial charge in [0.25, 0.3) is 5.56 Å². The highest BCUT2D eigenvalue weighted by atomic mass is 16.2. The summed E-state index contributed by atoms with van der Waals surface area (Å²) in [6.07, 6.45) is 2.57. The van der Waals surface area contributed by atoms with Crippen LogP contribution >= 0.6 is 0 Å². The molecule has 0 saturated carbocycles. The number of hydrogen-bond donors (Lipinski definition) is 1. The molecular formula is C17H21N5O2. The van der Waals surface area contributed by atoms with Crippen LogP contribution in [0.2, 0.25) is 0 Å². The first kappa shape index (κ1) is 16.0. The molecule has 0 aliphatic carbocycles. The summed E-state index contributed by atoms with van der Waals surface area (Å²) in [5, 5.41) is 3.40. The van der Waals surface area contributed by atoms with Gasteiger partial charge in [0.05, 0.1) is 6.33 Å². The minimum absolute atomic E-state index is 0.320. The highest BCUT2D eigenvalue weighted by Crippen LogP contribution is 2.15. The molecule has 0 fully saturated rings. The number of fused-ring (bicyclic) bond motifs is 1. The summed E-state index contributed by atoms with van der Waals surface area (Å²) in [6, 6.07) is 8.17. The van der Waals surface area contributed by atoms with Gasteiger partial charge in [-0.25, -0.2) is 9.78 Å². The molecular weight excluding hydrogens is 306 g/mol. The molecule has 0 amide bonds. The number of benzene rings is 1. The first-order chi connectivity index (χ1) is 11.5. The zero-order chi connectivity index (χ0) is 17.3. The molecule has 0 spiro atoms. The summed E-state index contributed by atoms with van der Waals surface area (Å²) in [4.78, 5) is 28.6. The number of aromatic nitrogens is 4. The molecule has 0 atom stereocenters. The molecule has 126 valence electrons. The summed E-state index contributed by atoms with van der Waals surface area (Å²) in [7, 11) is 3.11. The van der Waals surface area contributed by atoms with Crippen LogP contribution in [0.3, 0.4) is 0 Å². The van der Waals surface area contributed by atoms with E-state index in [-0.39, 0.29) is 11.2 Å². The van der Waals surface area contributed by atoms with E-state index in [1.165, 1.54) is 17.2 Å². The molecule has 2 aromatic heterocycles. The van der Waals surface area contributed by atoms with Crippen molar-refractivity contribution in [3.63, 3.8) is 0 Å². The average molecular weight is 327 g/mol. The van der Waals surface area contributed by atoms with Crippen molar-refractivity contribution in [2.45, 2.75) is 19.9 Å². The molecule has 3 rings (SSSR count). The fourth-order valence-corrected chi connectivity index (χ4v) is 2.88. The third-order valence-corrected chi connectivity index (χ3v) is 4.28. The highest BCUT2D eigenvalue weighted by Gasteiger charge is 2.13. The molecule has 3 aromatic rings. The zero-order valence-corrected chi connectivity index (χ0v) is 14.1. The molecule has 0 bridgehead atoms. The predicted octanol–water partition coefficient (Wildman–Crippen LogP) is 1.11. The maximum absolute atomic E-state index is 12.4. The van der Waals surface area contributed by atoms with Gasteiger partial charge < -0.3 is 9.88 Å². The molecule has 24 heavy (non-hydrogen) atoms. The number of hydrogen-bond acceptors (Lipinski definition) is 4. The van der Waals surface area contributed by atoms with Gasteiger partial charge in [0, 0.05) is 32.9 Å². The van der Waals surface area contributed by atoms with Gasteiger partial charge in [-0.3, -0.25) is 13.9 Å². The molecule has 0 aliphatic heterocycles. The van der Waals surface area contributed by atoms with E-state index in [4.69, 9.17) is 0 Å². The third kappa shape index (κ3) is 2.62. The third-order valence-electron chi connectivity index (χ3n) is 4.28. The molecule has 2 heterocycles. The van der Waals surface area contributed by atoms with Crippen molar-refractivity contribution < 1.29 is 0 Å². The number of aryl methyl sites for hydroxylation is 2. The van der Waals surface area contributed by atoms with Crippen LogP contribution in [-0.4, -0.2) is 25.2 Å². The lowest BCUT2D eigenvalue weighted by Crippen LogP contribution is -2.37. The van der Waals surface area contributed by atoms with E-state index in [0.717, 1.165) is 16.7 Å². The summed E-state index contributed by atoms with van der Waals surface area (Å²) in [5.74, 6) is 0. The van der Waals surface area contributed by atoms with Crippen LogP contribution in [-0.2, 0) is 27.1 Å². The van der Waals surface area contributed by atoms with Gasteiger partial charge in [0.15, 0.2) is 11.2 Å². The van der Waals surface area contributed by atoms with Gasteiger partial charge in [0.2, 0.25) is 0 Å². The minimum Gasteiger partial charge on any atom is -0.383 e. The number of para-hydroxylation sites is 1. The molecule has 0 radical (unpaired) electrons. The Labute approximate surface area is 139 Å². The van der Waals surface area contributed by atoms with Crippen LogP contribution in [0.5, 0.6) is 0 Å². The van der Waals surface area contributed by atoms with Crippen LogP contribution in [0, 0.1) is 0 Å². The molecule has 7 nitrogen and oxygen atoms in total. The maximum atomic E-state index is 12.4. The van der Waals surface area contributed by atoms with E-state index in [1.54, 1.807) is 17.9 Å². The van der Waals surface area contributed by atoms with Crippen LogP contribution < -0.4 is 16.6 Å². The van der Waals surface area contributed by atoms with E-state index >= 15 is 0 Å². The standard InChI is InChI=1S/C17H21N5O2/c1-4-12-7-5-6-8-13(12)18-9-10-22-11-19-15-14(22)16(23)21(3)17(24)20(15)2/h5-8,11,18H,4,9-10H2,1-3H3. The Kier molecular flexibility index (Phi) is 4.24. The molecule has 0 saturated heterocycles. The SMILES string of the molecule is CCc1ccccc1NCCn1cnc2c1c(=O)n(C)c(=O)n2C. The number of imidazole rings is 1. The fourth-order valence-electron chi connectivity index (χ4n) is 2.88. The highest BCUT2D eigenvalue weighted by molar-refractivity contribution is 5.69. The average Bonchev–Trinajstić information content (AvgIpc) is 3.02. The summed E-state index contributed by atoms with van der Waals surface area (Å²) in [5.41, 5.74) is 2.53. The Morgan fingerprint density at radius 3 is 2.62 bits per heavy atom. The normalized spacial score (nSPS) is 11.1. The predicted molar refractivity (Wildman–Crippen MR) is 94.5 cm³/mol. The second-order valence-corrected chi connectivity index (χ2v) is 5.75.